The molecule has 0 radical (unpaired) electrons. The van der Waals surface area contributed by atoms with Crippen LogP contribution in [0.15, 0.2) is 24.3 Å². The quantitative estimate of drug-likeness (QED) is 0.625. The van der Waals surface area contributed by atoms with Gasteiger partial charge >= 0.3 is 0 Å². The Balaban J connectivity index is 1.83. The lowest BCUT2D eigenvalue weighted by atomic mass is 9.70. The predicted octanol–water partition coefficient (Wildman–Crippen LogP) is 3.62. The molecule has 0 N–H and O–H groups in total. The minimum Gasteiger partial charge on any atom is -0.258 e. The Labute approximate surface area is 134 Å². The monoisotopic (exact) mass is 310 g/mol. The van der Waals surface area contributed by atoms with Gasteiger partial charge in [-0.05, 0) is 18.3 Å². The fourth-order valence-corrected chi connectivity index (χ4v) is 4.26. The zero-order valence-electron chi connectivity index (χ0n) is 13.4. The number of nitrogens with zero attached hydrogens (tertiary/aromatic N) is 4. The molecular formula is C17H18N4O2. The van der Waals surface area contributed by atoms with E-state index in [0.717, 1.165) is 24.2 Å². The number of fused-ring (bicyclic) bond motifs is 5. The van der Waals surface area contributed by atoms with Crippen LogP contribution in [0.2, 0.25) is 0 Å². The van der Waals surface area contributed by atoms with E-state index in [9.17, 15) is 10.1 Å². The zero-order chi connectivity index (χ0) is 16.4. The number of rotatable bonds is 2. The van der Waals surface area contributed by atoms with Gasteiger partial charge in [0.2, 0.25) is 0 Å². The maximum atomic E-state index is 11.0. The summed E-state index contributed by atoms with van der Waals surface area (Å²) in [6.45, 7) is 6.81. The summed E-state index contributed by atoms with van der Waals surface area (Å²) in [7, 11) is 0. The van der Waals surface area contributed by atoms with E-state index in [-0.39, 0.29) is 16.5 Å². The fraction of sp³-hybridized carbons (Fsp3) is 0.471. The van der Waals surface area contributed by atoms with Gasteiger partial charge in [0.25, 0.3) is 5.69 Å². The van der Waals surface area contributed by atoms with E-state index in [0.29, 0.717) is 17.3 Å². The number of hydrogen-bond donors (Lipinski definition) is 0. The minimum absolute atomic E-state index is 0.0220. The van der Waals surface area contributed by atoms with Crippen molar-refractivity contribution in [1.29, 1.82) is 0 Å². The lowest BCUT2D eigenvalue weighted by Gasteiger charge is -2.33. The van der Waals surface area contributed by atoms with E-state index < -0.39 is 4.92 Å². The largest absolute Gasteiger partial charge is 0.270 e. The van der Waals surface area contributed by atoms with Crippen LogP contribution < -0.4 is 0 Å². The number of benzene rings is 1. The molecule has 0 saturated heterocycles. The number of non-ortho nitro benzene ring substituents is 1. The Morgan fingerprint density at radius 2 is 2.04 bits per heavy atom. The van der Waals surface area contributed by atoms with Crippen molar-refractivity contribution in [2.24, 2.45) is 5.41 Å². The van der Waals surface area contributed by atoms with E-state index in [1.807, 2.05) is 0 Å². The molecule has 1 saturated carbocycles. The van der Waals surface area contributed by atoms with Crippen molar-refractivity contribution in [3.05, 3.63) is 45.8 Å². The molecule has 1 aromatic carbocycles. The van der Waals surface area contributed by atoms with E-state index in [2.05, 4.69) is 31.0 Å². The van der Waals surface area contributed by atoms with Crippen LogP contribution in [0.4, 0.5) is 5.69 Å². The average Bonchev–Trinajstić information content (AvgIpc) is 2.86. The van der Waals surface area contributed by atoms with Gasteiger partial charge in [-0.2, -0.15) is 5.10 Å². The van der Waals surface area contributed by atoms with Crippen LogP contribution in [0.25, 0.3) is 11.4 Å². The van der Waals surface area contributed by atoms with Gasteiger partial charge in [-0.15, -0.1) is 5.10 Å². The SMILES string of the molecule is CC12CCC(c3nc(-c4cccc([N+](=O)[O-])c4)nnc31)C2(C)C. The standard InChI is InChI=1S/C17H18N4O2/c1-16(2)12-7-8-17(16,3)14-13(12)18-15(20-19-14)10-5-4-6-11(9-10)21(22)23/h4-6,9,12H,7-8H2,1-3H3. The number of nitro benzene ring substituents is 1. The summed E-state index contributed by atoms with van der Waals surface area (Å²) in [5.41, 5.74) is 2.86. The van der Waals surface area contributed by atoms with Gasteiger partial charge in [0.15, 0.2) is 5.82 Å². The van der Waals surface area contributed by atoms with Crippen molar-refractivity contribution in [1.82, 2.24) is 15.2 Å². The molecule has 2 unspecified atom stereocenters. The van der Waals surface area contributed by atoms with E-state index >= 15 is 0 Å². The summed E-state index contributed by atoms with van der Waals surface area (Å²) in [5, 5.41) is 19.7. The van der Waals surface area contributed by atoms with Gasteiger partial charge in [-0.1, -0.05) is 32.9 Å². The van der Waals surface area contributed by atoms with E-state index in [1.165, 1.54) is 12.1 Å². The molecule has 4 rings (SSSR count). The third-order valence-corrected chi connectivity index (χ3v) is 6.11. The van der Waals surface area contributed by atoms with Crippen molar-refractivity contribution in [3.8, 4) is 11.4 Å². The number of nitro groups is 1. The number of hydrogen-bond acceptors (Lipinski definition) is 5. The Morgan fingerprint density at radius 1 is 1.26 bits per heavy atom. The summed E-state index contributed by atoms with van der Waals surface area (Å²) in [5.74, 6) is 0.856. The molecule has 6 nitrogen and oxygen atoms in total. The molecule has 1 fully saturated rings. The first-order valence-corrected chi connectivity index (χ1v) is 7.84. The maximum Gasteiger partial charge on any atom is 0.270 e. The van der Waals surface area contributed by atoms with Crippen molar-refractivity contribution >= 4 is 5.69 Å². The first-order chi connectivity index (χ1) is 10.8. The molecule has 0 aliphatic heterocycles. The van der Waals surface area contributed by atoms with Gasteiger partial charge in [0, 0.05) is 29.0 Å². The Hall–Kier alpha value is -2.37. The first kappa shape index (κ1) is 14.2. The van der Waals surface area contributed by atoms with Crippen LogP contribution in [0.3, 0.4) is 0 Å². The average molecular weight is 310 g/mol. The van der Waals surface area contributed by atoms with Gasteiger partial charge in [0.05, 0.1) is 16.3 Å². The highest BCUT2D eigenvalue weighted by atomic mass is 16.6. The van der Waals surface area contributed by atoms with Crippen LogP contribution >= 0.6 is 0 Å². The van der Waals surface area contributed by atoms with Gasteiger partial charge in [0.1, 0.15) is 0 Å². The van der Waals surface area contributed by atoms with Gasteiger partial charge < -0.3 is 0 Å². The van der Waals surface area contributed by atoms with Crippen LogP contribution in [0.1, 0.15) is 50.9 Å². The van der Waals surface area contributed by atoms with Gasteiger partial charge in [-0.25, -0.2) is 4.98 Å². The molecule has 2 aliphatic rings. The third-order valence-electron chi connectivity index (χ3n) is 6.11. The van der Waals surface area contributed by atoms with Crippen LogP contribution in [-0.4, -0.2) is 20.1 Å². The summed E-state index contributed by atoms with van der Waals surface area (Å²) < 4.78 is 0. The summed E-state index contributed by atoms with van der Waals surface area (Å²) in [6.07, 6.45) is 2.23. The van der Waals surface area contributed by atoms with Crippen molar-refractivity contribution < 1.29 is 4.92 Å². The predicted molar refractivity (Wildman–Crippen MR) is 85.0 cm³/mol. The highest BCUT2D eigenvalue weighted by Gasteiger charge is 2.61. The Morgan fingerprint density at radius 3 is 2.78 bits per heavy atom. The molecule has 1 heterocycles. The molecule has 2 aliphatic carbocycles. The Kier molecular flexibility index (Phi) is 2.69. The lowest BCUT2D eigenvalue weighted by molar-refractivity contribution is -0.384. The minimum atomic E-state index is -0.406. The molecule has 2 aromatic rings. The molecule has 118 valence electrons. The van der Waals surface area contributed by atoms with Crippen LogP contribution in [-0.2, 0) is 5.41 Å². The smallest absolute Gasteiger partial charge is 0.258 e. The molecular weight excluding hydrogens is 292 g/mol. The number of aromatic nitrogens is 3. The second-order valence-corrected chi connectivity index (χ2v) is 7.32. The van der Waals surface area contributed by atoms with Crippen molar-refractivity contribution in [2.45, 2.75) is 44.9 Å². The van der Waals surface area contributed by atoms with Crippen molar-refractivity contribution in [3.63, 3.8) is 0 Å². The molecule has 2 bridgehead atoms. The zero-order valence-corrected chi connectivity index (χ0v) is 13.4. The highest BCUT2D eigenvalue weighted by Crippen LogP contribution is 2.66. The molecule has 0 spiro atoms. The second-order valence-electron chi connectivity index (χ2n) is 7.32. The molecule has 6 heteroatoms. The third kappa shape index (κ3) is 1.72. The second kappa shape index (κ2) is 4.34. The van der Waals surface area contributed by atoms with E-state index in [1.54, 1.807) is 12.1 Å². The fourth-order valence-electron chi connectivity index (χ4n) is 4.26. The maximum absolute atomic E-state index is 11.0. The highest BCUT2D eigenvalue weighted by molar-refractivity contribution is 5.59. The molecule has 1 aromatic heterocycles. The first-order valence-electron chi connectivity index (χ1n) is 7.84. The lowest BCUT2D eigenvalue weighted by Crippen LogP contribution is -2.32. The molecule has 2 atom stereocenters. The molecule has 0 amide bonds. The summed E-state index contributed by atoms with van der Waals surface area (Å²) in [6, 6.07) is 6.41. The summed E-state index contributed by atoms with van der Waals surface area (Å²) in [4.78, 5) is 15.3. The molecule has 23 heavy (non-hydrogen) atoms. The van der Waals surface area contributed by atoms with Crippen molar-refractivity contribution in [2.75, 3.05) is 0 Å². The topological polar surface area (TPSA) is 81.8 Å². The van der Waals surface area contributed by atoms with Crippen LogP contribution in [0.5, 0.6) is 0 Å². The van der Waals surface area contributed by atoms with E-state index in [4.69, 9.17) is 4.98 Å². The summed E-state index contributed by atoms with van der Waals surface area (Å²) >= 11 is 0. The Bertz CT molecular complexity index is 833. The normalized spacial score (nSPS) is 27.0. The van der Waals surface area contributed by atoms with Crippen LogP contribution in [0, 0.1) is 15.5 Å². The van der Waals surface area contributed by atoms with Gasteiger partial charge in [-0.3, -0.25) is 10.1 Å².